The number of hydrogen-bond acceptors (Lipinski definition) is 2. The maximum atomic E-state index is 13.0. The van der Waals surface area contributed by atoms with E-state index in [1.807, 2.05) is 5.32 Å². The lowest BCUT2D eigenvalue weighted by atomic mass is 10.0. The van der Waals surface area contributed by atoms with Gasteiger partial charge in [-0.1, -0.05) is 12.8 Å². The normalized spacial score (nSPS) is 17.3. The summed E-state index contributed by atoms with van der Waals surface area (Å²) < 4.78 is 51.3. The molecule has 1 aromatic rings. The number of anilines is 1. The molecular formula is C14H16F4N2O2. The highest BCUT2D eigenvalue weighted by Crippen LogP contribution is 2.35. The van der Waals surface area contributed by atoms with E-state index >= 15 is 0 Å². The van der Waals surface area contributed by atoms with E-state index in [1.54, 1.807) is 0 Å². The molecular weight excluding hydrogens is 304 g/mol. The van der Waals surface area contributed by atoms with Gasteiger partial charge in [-0.25, -0.2) is 9.18 Å². The van der Waals surface area contributed by atoms with Crippen molar-refractivity contribution in [3.05, 3.63) is 29.6 Å². The van der Waals surface area contributed by atoms with Gasteiger partial charge in [0.25, 0.3) is 0 Å². The molecule has 0 radical (unpaired) electrons. The molecule has 1 aliphatic rings. The number of amides is 2. The number of benzene rings is 1. The first-order valence-electron chi connectivity index (χ1n) is 6.84. The molecule has 0 saturated heterocycles. The van der Waals surface area contributed by atoms with Gasteiger partial charge in [-0.2, -0.15) is 13.2 Å². The molecule has 0 heterocycles. The minimum Gasteiger partial charge on any atom is -0.388 e. The number of alkyl halides is 3. The van der Waals surface area contributed by atoms with Gasteiger partial charge in [0.15, 0.2) is 0 Å². The van der Waals surface area contributed by atoms with Crippen LogP contribution in [0.5, 0.6) is 0 Å². The number of nitrogens with one attached hydrogen (secondary N) is 2. The average molecular weight is 320 g/mol. The van der Waals surface area contributed by atoms with Crippen LogP contribution >= 0.6 is 0 Å². The molecule has 1 aliphatic carbocycles. The van der Waals surface area contributed by atoms with E-state index in [-0.39, 0.29) is 6.54 Å². The highest BCUT2D eigenvalue weighted by Gasteiger charge is 2.35. The quantitative estimate of drug-likeness (QED) is 0.749. The van der Waals surface area contributed by atoms with Crippen molar-refractivity contribution < 1.29 is 27.5 Å². The number of urea groups is 1. The molecule has 1 fully saturated rings. The van der Waals surface area contributed by atoms with Crippen molar-refractivity contribution >= 4 is 11.7 Å². The SMILES string of the molecule is O=C(NCC1(O)CCCC1)Nc1ccc(F)cc1C(F)(F)F. The number of carbonyl (C=O) groups excluding carboxylic acids is 1. The minimum absolute atomic E-state index is 0.0403. The fraction of sp³-hybridized carbons (Fsp3) is 0.500. The fourth-order valence-corrected chi connectivity index (χ4v) is 2.48. The largest absolute Gasteiger partial charge is 0.418 e. The Morgan fingerprint density at radius 1 is 1.27 bits per heavy atom. The van der Waals surface area contributed by atoms with Gasteiger partial charge < -0.3 is 15.7 Å². The Hall–Kier alpha value is -1.83. The van der Waals surface area contributed by atoms with Gasteiger partial charge in [-0.05, 0) is 31.0 Å². The zero-order valence-electron chi connectivity index (χ0n) is 11.6. The van der Waals surface area contributed by atoms with Crippen LogP contribution in [0.1, 0.15) is 31.2 Å². The van der Waals surface area contributed by atoms with E-state index in [9.17, 15) is 27.5 Å². The highest BCUT2D eigenvalue weighted by molar-refractivity contribution is 5.90. The van der Waals surface area contributed by atoms with E-state index < -0.39 is 34.9 Å². The Morgan fingerprint density at radius 3 is 2.50 bits per heavy atom. The van der Waals surface area contributed by atoms with Crippen molar-refractivity contribution in [1.82, 2.24) is 5.32 Å². The second kappa shape index (κ2) is 6.12. The van der Waals surface area contributed by atoms with Gasteiger partial charge in [0.2, 0.25) is 0 Å². The number of halogens is 4. The Kier molecular flexibility index (Phi) is 4.60. The number of carbonyl (C=O) groups is 1. The van der Waals surface area contributed by atoms with Crippen LogP contribution in [-0.2, 0) is 6.18 Å². The summed E-state index contributed by atoms with van der Waals surface area (Å²) in [7, 11) is 0. The number of hydrogen-bond donors (Lipinski definition) is 3. The molecule has 8 heteroatoms. The smallest absolute Gasteiger partial charge is 0.388 e. The lowest BCUT2D eigenvalue weighted by Crippen LogP contribution is -2.42. The highest BCUT2D eigenvalue weighted by atomic mass is 19.4. The molecule has 4 nitrogen and oxygen atoms in total. The number of rotatable bonds is 3. The summed E-state index contributed by atoms with van der Waals surface area (Å²) in [6.45, 7) is -0.0403. The average Bonchev–Trinajstić information content (AvgIpc) is 2.85. The fourth-order valence-electron chi connectivity index (χ4n) is 2.48. The molecule has 22 heavy (non-hydrogen) atoms. The molecule has 0 spiro atoms. The van der Waals surface area contributed by atoms with Crippen LogP contribution in [0.4, 0.5) is 28.0 Å². The topological polar surface area (TPSA) is 61.4 Å². The van der Waals surface area contributed by atoms with E-state index in [4.69, 9.17) is 0 Å². The van der Waals surface area contributed by atoms with Crippen molar-refractivity contribution in [2.75, 3.05) is 11.9 Å². The Labute approximate surface area is 124 Å². The first kappa shape index (κ1) is 16.5. The third-order valence-corrected chi connectivity index (χ3v) is 3.65. The molecule has 2 amide bonds. The van der Waals surface area contributed by atoms with E-state index in [0.29, 0.717) is 18.9 Å². The van der Waals surface area contributed by atoms with Crippen LogP contribution in [0.2, 0.25) is 0 Å². The molecule has 1 saturated carbocycles. The standard InChI is InChI=1S/C14H16F4N2O2/c15-9-3-4-11(10(7-9)14(16,17)18)20-12(21)19-8-13(22)5-1-2-6-13/h3-4,7,22H,1-2,5-6,8H2,(H2,19,20,21). The zero-order valence-corrected chi connectivity index (χ0v) is 11.6. The van der Waals surface area contributed by atoms with Crippen LogP contribution in [-0.4, -0.2) is 23.3 Å². The molecule has 2 rings (SSSR count). The first-order chi connectivity index (χ1) is 10.2. The third-order valence-electron chi connectivity index (χ3n) is 3.65. The second-order valence-electron chi connectivity index (χ2n) is 5.43. The molecule has 0 aromatic heterocycles. The van der Waals surface area contributed by atoms with E-state index in [1.165, 1.54) is 0 Å². The van der Waals surface area contributed by atoms with E-state index in [2.05, 4.69) is 5.32 Å². The number of aliphatic hydroxyl groups is 1. The lowest BCUT2D eigenvalue weighted by Gasteiger charge is -2.22. The van der Waals surface area contributed by atoms with Gasteiger partial charge in [-0.15, -0.1) is 0 Å². The van der Waals surface area contributed by atoms with Crippen molar-refractivity contribution in [1.29, 1.82) is 0 Å². The molecule has 122 valence electrons. The van der Waals surface area contributed by atoms with Gasteiger partial charge in [-0.3, -0.25) is 0 Å². The second-order valence-corrected chi connectivity index (χ2v) is 5.43. The Morgan fingerprint density at radius 2 is 1.91 bits per heavy atom. The van der Waals surface area contributed by atoms with Gasteiger partial charge >= 0.3 is 12.2 Å². The molecule has 0 atom stereocenters. The summed E-state index contributed by atoms with van der Waals surface area (Å²) in [5.74, 6) is -1.04. The van der Waals surface area contributed by atoms with Crippen molar-refractivity contribution in [3.8, 4) is 0 Å². The lowest BCUT2D eigenvalue weighted by molar-refractivity contribution is -0.137. The van der Waals surface area contributed by atoms with E-state index in [0.717, 1.165) is 25.0 Å². The Balaban J connectivity index is 2.02. The maximum absolute atomic E-state index is 13.0. The van der Waals surface area contributed by atoms with Crippen molar-refractivity contribution in [3.63, 3.8) is 0 Å². The molecule has 3 N–H and O–H groups in total. The molecule has 1 aromatic carbocycles. The summed E-state index contributed by atoms with van der Waals surface area (Å²) in [6, 6.07) is 1.12. The van der Waals surface area contributed by atoms with Crippen LogP contribution in [0.3, 0.4) is 0 Å². The van der Waals surface area contributed by atoms with Crippen LogP contribution < -0.4 is 10.6 Å². The summed E-state index contributed by atoms with van der Waals surface area (Å²) in [4.78, 5) is 11.7. The zero-order chi connectivity index (χ0) is 16.4. The van der Waals surface area contributed by atoms with Crippen molar-refractivity contribution in [2.45, 2.75) is 37.5 Å². The predicted molar refractivity (Wildman–Crippen MR) is 71.8 cm³/mol. The minimum atomic E-state index is -4.78. The Bertz CT molecular complexity index is 554. The van der Waals surface area contributed by atoms with Crippen LogP contribution in [0.15, 0.2) is 18.2 Å². The predicted octanol–water partition coefficient (Wildman–Crippen LogP) is 3.27. The van der Waals surface area contributed by atoms with Crippen LogP contribution in [0.25, 0.3) is 0 Å². The summed E-state index contributed by atoms with van der Waals surface area (Å²) >= 11 is 0. The summed E-state index contributed by atoms with van der Waals surface area (Å²) in [5, 5.41) is 14.4. The van der Waals surface area contributed by atoms with Gasteiger partial charge in [0.05, 0.1) is 16.9 Å². The monoisotopic (exact) mass is 320 g/mol. The third kappa shape index (κ3) is 4.09. The first-order valence-corrected chi connectivity index (χ1v) is 6.84. The molecule has 0 bridgehead atoms. The van der Waals surface area contributed by atoms with Crippen molar-refractivity contribution in [2.24, 2.45) is 0 Å². The molecule has 0 unspecified atom stereocenters. The van der Waals surface area contributed by atoms with Gasteiger partial charge in [0.1, 0.15) is 5.82 Å². The molecule has 0 aliphatic heterocycles. The summed E-state index contributed by atoms with van der Waals surface area (Å²) in [6.07, 6.45) is -2.02. The van der Waals surface area contributed by atoms with Gasteiger partial charge in [0, 0.05) is 6.54 Å². The summed E-state index contributed by atoms with van der Waals surface area (Å²) in [5.41, 5.74) is -2.81. The maximum Gasteiger partial charge on any atom is 0.418 e. The van der Waals surface area contributed by atoms with Crippen LogP contribution in [0, 0.1) is 5.82 Å².